The van der Waals surface area contributed by atoms with Gasteiger partial charge in [-0.15, -0.1) is 11.8 Å². The van der Waals surface area contributed by atoms with E-state index in [9.17, 15) is 4.79 Å². The monoisotopic (exact) mass is 197 g/mol. The zero-order valence-corrected chi connectivity index (χ0v) is 8.34. The standard InChI is InChI=1S/C9H11NO2S/c1-6-8(4-3-5-10-6)13-7(2)9(11)12/h3-5,7H,1-2H3,(H,11,12). The number of thioether (sulfide) groups is 1. The van der Waals surface area contributed by atoms with Gasteiger partial charge in [0, 0.05) is 11.1 Å². The van der Waals surface area contributed by atoms with E-state index in [0.29, 0.717) is 0 Å². The molecule has 0 spiro atoms. The third-order valence-electron chi connectivity index (χ3n) is 1.61. The molecule has 1 heterocycles. The number of rotatable bonds is 3. The molecule has 1 aromatic rings. The fourth-order valence-electron chi connectivity index (χ4n) is 0.835. The molecule has 1 N–H and O–H groups in total. The van der Waals surface area contributed by atoms with Crippen LogP contribution in [0, 0.1) is 6.92 Å². The van der Waals surface area contributed by atoms with Crippen LogP contribution in [0.25, 0.3) is 0 Å². The average Bonchev–Trinajstić information content (AvgIpc) is 2.08. The lowest BCUT2D eigenvalue weighted by Gasteiger charge is -2.07. The van der Waals surface area contributed by atoms with Gasteiger partial charge < -0.3 is 5.11 Å². The molecule has 1 atom stereocenters. The molecule has 0 saturated heterocycles. The molecule has 0 aromatic carbocycles. The zero-order valence-electron chi connectivity index (χ0n) is 7.52. The molecule has 0 bridgehead atoms. The number of nitrogens with zero attached hydrogens (tertiary/aromatic N) is 1. The van der Waals surface area contributed by atoms with Crippen molar-refractivity contribution in [3.05, 3.63) is 24.0 Å². The van der Waals surface area contributed by atoms with E-state index in [1.54, 1.807) is 13.1 Å². The van der Waals surface area contributed by atoms with Gasteiger partial charge in [0.25, 0.3) is 0 Å². The first-order valence-corrected chi connectivity index (χ1v) is 4.80. The number of aryl methyl sites for hydroxylation is 1. The van der Waals surface area contributed by atoms with Crippen LogP contribution < -0.4 is 0 Å². The summed E-state index contributed by atoms with van der Waals surface area (Å²) in [6, 6.07) is 3.69. The van der Waals surface area contributed by atoms with Gasteiger partial charge in [-0.25, -0.2) is 0 Å². The molecule has 1 unspecified atom stereocenters. The van der Waals surface area contributed by atoms with E-state index in [1.165, 1.54) is 11.8 Å². The Morgan fingerprint density at radius 3 is 2.92 bits per heavy atom. The lowest BCUT2D eigenvalue weighted by molar-refractivity contribution is -0.136. The van der Waals surface area contributed by atoms with Gasteiger partial charge >= 0.3 is 5.97 Å². The van der Waals surface area contributed by atoms with Crippen LogP contribution in [0.3, 0.4) is 0 Å². The minimum absolute atomic E-state index is 0.428. The maximum atomic E-state index is 10.6. The highest BCUT2D eigenvalue weighted by atomic mass is 32.2. The van der Waals surface area contributed by atoms with Crippen LogP contribution in [0.5, 0.6) is 0 Å². The number of carbonyl (C=O) groups is 1. The van der Waals surface area contributed by atoms with Crippen molar-refractivity contribution in [1.29, 1.82) is 0 Å². The molecule has 0 saturated carbocycles. The largest absolute Gasteiger partial charge is 0.480 e. The van der Waals surface area contributed by atoms with Crippen molar-refractivity contribution in [1.82, 2.24) is 4.98 Å². The predicted molar refractivity (Wildman–Crippen MR) is 51.9 cm³/mol. The normalized spacial score (nSPS) is 12.5. The summed E-state index contributed by atoms with van der Waals surface area (Å²) in [5.41, 5.74) is 0.876. The third kappa shape index (κ3) is 2.73. The van der Waals surface area contributed by atoms with Gasteiger partial charge in [0.1, 0.15) is 5.25 Å². The van der Waals surface area contributed by atoms with E-state index in [4.69, 9.17) is 5.11 Å². The fourth-order valence-corrected chi connectivity index (χ4v) is 1.70. The summed E-state index contributed by atoms with van der Waals surface area (Å²) in [5.74, 6) is -0.798. The molecule has 0 amide bonds. The minimum Gasteiger partial charge on any atom is -0.480 e. The Morgan fingerprint density at radius 2 is 2.38 bits per heavy atom. The first-order valence-electron chi connectivity index (χ1n) is 3.92. The molecule has 0 aliphatic rings. The summed E-state index contributed by atoms with van der Waals surface area (Å²) in [6.07, 6.45) is 1.70. The van der Waals surface area contributed by atoms with Crippen LogP contribution in [-0.2, 0) is 4.79 Å². The topological polar surface area (TPSA) is 50.2 Å². The van der Waals surface area contributed by atoms with E-state index in [-0.39, 0.29) is 0 Å². The molecule has 0 fully saturated rings. The molecule has 13 heavy (non-hydrogen) atoms. The Morgan fingerprint density at radius 1 is 1.69 bits per heavy atom. The van der Waals surface area contributed by atoms with Crippen molar-refractivity contribution in [3.63, 3.8) is 0 Å². The summed E-state index contributed by atoms with van der Waals surface area (Å²) >= 11 is 1.32. The Kier molecular flexibility index (Phi) is 3.31. The smallest absolute Gasteiger partial charge is 0.316 e. The molecule has 0 radical (unpaired) electrons. The summed E-state index contributed by atoms with van der Waals surface area (Å²) in [5, 5.41) is 8.27. The second kappa shape index (κ2) is 4.28. The zero-order chi connectivity index (χ0) is 9.84. The predicted octanol–water partition coefficient (Wildman–Crippen LogP) is 1.96. The van der Waals surface area contributed by atoms with E-state index in [1.807, 2.05) is 19.1 Å². The van der Waals surface area contributed by atoms with Crippen molar-refractivity contribution in [2.75, 3.05) is 0 Å². The van der Waals surface area contributed by atoms with Crippen molar-refractivity contribution >= 4 is 17.7 Å². The van der Waals surface area contributed by atoms with E-state index in [0.717, 1.165) is 10.6 Å². The summed E-state index contributed by atoms with van der Waals surface area (Å²) in [7, 11) is 0. The molecule has 0 aliphatic carbocycles. The van der Waals surface area contributed by atoms with E-state index in [2.05, 4.69) is 4.98 Å². The molecule has 4 heteroatoms. The quantitative estimate of drug-likeness (QED) is 0.752. The van der Waals surface area contributed by atoms with Gasteiger partial charge in [0.15, 0.2) is 0 Å². The summed E-state index contributed by atoms with van der Waals surface area (Å²) < 4.78 is 0. The number of hydrogen-bond donors (Lipinski definition) is 1. The van der Waals surface area contributed by atoms with Gasteiger partial charge in [0.2, 0.25) is 0 Å². The fraction of sp³-hybridized carbons (Fsp3) is 0.333. The second-order valence-electron chi connectivity index (χ2n) is 2.69. The Bertz CT molecular complexity index is 314. The summed E-state index contributed by atoms with van der Waals surface area (Å²) in [4.78, 5) is 15.6. The molecular formula is C9H11NO2S. The van der Waals surface area contributed by atoms with Crippen LogP contribution in [0.2, 0.25) is 0 Å². The second-order valence-corrected chi connectivity index (χ2v) is 4.07. The molecule has 0 aliphatic heterocycles. The number of aliphatic carboxylic acids is 1. The lowest BCUT2D eigenvalue weighted by Crippen LogP contribution is -2.11. The van der Waals surface area contributed by atoms with Gasteiger partial charge in [-0.1, -0.05) is 0 Å². The van der Waals surface area contributed by atoms with Crippen molar-refractivity contribution in [2.24, 2.45) is 0 Å². The molecule has 70 valence electrons. The maximum absolute atomic E-state index is 10.6. The maximum Gasteiger partial charge on any atom is 0.316 e. The highest BCUT2D eigenvalue weighted by molar-refractivity contribution is 8.00. The summed E-state index contributed by atoms with van der Waals surface area (Å²) in [6.45, 7) is 3.54. The molecule has 3 nitrogen and oxygen atoms in total. The van der Waals surface area contributed by atoms with Crippen molar-refractivity contribution in [3.8, 4) is 0 Å². The number of hydrogen-bond acceptors (Lipinski definition) is 3. The van der Waals surface area contributed by atoms with E-state index >= 15 is 0 Å². The third-order valence-corrected chi connectivity index (χ3v) is 2.85. The SMILES string of the molecule is Cc1ncccc1SC(C)C(=O)O. The van der Waals surface area contributed by atoms with Gasteiger partial charge in [-0.3, -0.25) is 9.78 Å². The van der Waals surface area contributed by atoms with Crippen LogP contribution in [0.1, 0.15) is 12.6 Å². The van der Waals surface area contributed by atoms with E-state index < -0.39 is 11.2 Å². The Labute approximate surface area is 81.2 Å². The highest BCUT2D eigenvalue weighted by Gasteiger charge is 2.13. The first kappa shape index (κ1) is 10.1. The average molecular weight is 197 g/mol. The van der Waals surface area contributed by atoms with Gasteiger partial charge in [0.05, 0.1) is 5.69 Å². The lowest BCUT2D eigenvalue weighted by atomic mass is 10.4. The van der Waals surface area contributed by atoms with Crippen molar-refractivity contribution < 1.29 is 9.90 Å². The first-order chi connectivity index (χ1) is 6.11. The van der Waals surface area contributed by atoms with Crippen LogP contribution in [0.15, 0.2) is 23.2 Å². The van der Waals surface area contributed by atoms with Gasteiger partial charge in [-0.2, -0.15) is 0 Å². The molecular weight excluding hydrogens is 186 g/mol. The minimum atomic E-state index is -0.798. The van der Waals surface area contributed by atoms with Crippen LogP contribution in [0.4, 0.5) is 0 Å². The molecule has 1 aromatic heterocycles. The van der Waals surface area contributed by atoms with Crippen LogP contribution >= 0.6 is 11.8 Å². The Balaban J connectivity index is 2.74. The van der Waals surface area contributed by atoms with Crippen LogP contribution in [-0.4, -0.2) is 21.3 Å². The number of carboxylic acids is 1. The number of aromatic nitrogens is 1. The number of pyridine rings is 1. The number of carboxylic acid groups (broad SMARTS) is 1. The highest BCUT2D eigenvalue weighted by Crippen LogP contribution is 2.24. The van der Waals surface area contributed by atoms with Crippen molar-refractivity contribution in [2.45, 2.75) is 24.0 Å². The molecule has 1 rings (SSSR count). The van der Waals surface area contributed by atoms with Gasteiger partial charge in [-0.05, 0) is 26.0 Å². The Hall–Kier alpha value is -1.03.